The quantitative estimate of drug-likeness (QED) is 0.739. The molecule has 0 saturated carbocycles. The van der Waals surface area contributed by atoms with E-state index in [1.807, 2.05) is 20.0 Å². The third-order valence-corrected chi connectivity index (χ3v) is 2.69. The highest BCUT2D eigenvalue weighted by molar-refractivity contribution is 5.76. The van der Waals surface area contributed by atoms with E-state index in [0.29, 0.717) is 19.5 Å². The molecule has 0 aliphatic heterocycles. The number of carbonyl (C=O) groups excluding carboxylic acids is 1. The Balaban J connectivity index is 2.72. The molecule has 6 heteroatoms. The van der Waals surface area contributed by atoms with Crippen LogP contribution in [0.3, 0.4) is 0 Å². The molecular formula is C14H25N5O. The first-order valence-electron chi connectivity index (χ1n) is 6.94. The zero-order valence-corrected chi connectivity index (χ0v) is 13.0. The Kier molecular flexibility index (Phi) is 5.73. The molecule has 0 unspecified atom stereocenters. The lowest BCUT2D eigenvalue weighted by Crippen LogP contribution is -2.25. The molecule has 1 amide bonds. The highest BCUT2D eigenvalue weighted by Crippen LogP contribution is 2.22. The van der Waals surface area contributed by atoms with Gasteiger partial charge in [-0.1, -0.05) is 20.8 Å². The average Bonchev–Trinajstić information content (AvgIpc) is 2.37. The lowest BCUT2D eigenvalue weighted by Gasteiger charge is -2.18. The molecule has 0 saturated heterocycles. The second-order valence-corrected chi connectivity index (χ2v) is 5.59. The van der Waals surface area contributed by atoms with Crippen LogP contribution in [0.2, 0.25) is 0 Å². The van der Waals surface area contributed by atoms with Crippen LogP contribution in [0.4, 0.5) is 11.6 Å². The van der Waals surface area contributed by atoms with E-state index < -0.39 is 0 Å². The van der Waals surface area contributed by atoms with Gasteiger partial charge in [0.25, 0.3) is 0 Å². The molecule has 0 aliphatic rings. The van der Waals surface area contributed by atoms with Crippen molar-refractivity contribution >= 4 is 17.5 Å². The van der Waals surface area contributed by atoms with E-state index in [0.717, 1.165) is 17.5 Å². The molecule has 0 aliphatic carbocycles. The predicted octanol–water partition coefficient (Wildman–Crippen LogP) is 1.75. The van der Waals surface area contributed by atoms with E-state index in [2.05, 4.69) is 46.7 Å². The van der Waals surface area contributed by atoms with Crippen LogP contribution in [-0.2, 0) is 10.2 Å². The highest BCUT2D eigenvalue weighted by atomic mass is 16.1. The van der Waals surface area contributed by atoms with Crippen molar-refractivity contribution in [3.05, 3.63) is 11.9 Å². The van der Waals surface area contributed by atoms with Crippen LogP contribution in [0.1, 0.15) is 39.9 Å². The number of anilines is 2. The molecule has 0 bridgehead atoms. The monoisotopic (exact) mass is 279 g/mol. The second kappa shape index (κ2) is 7.07. The number of hydrogen-bond acceptors (Lipinski definition) is 5. The van der Waals surface area contributed by atoms with Crippen LogP contribution in [0.25, 0.3) is 0 Å². The summed E-state index contributed by atoms with van der Waals surface area (Å²) in [6, 6.07) is 1.84. The van der Waals surface area contributed by atoms with Gasteiger partial charge in [0.05, 0.1) is 0 Å². The van der Waals surface area contributed by atoms with Crippen molar-refractivity contribution in [2.75, 3.05) is 30.8 Å². The van der Waals surface area contributed by atoms with Crippen molar-refractivity contribution in [2.24, 2.45) is 0 Å². The van der Waals surface area contributed by atoms with Gasteiger partial charge in [0, 0.05) is 38.0 Å². The minimum atomic E-state index is -0.122. The number of nitrogens with zero attached hydrogens (tertiary/aromatic N) is 2. The maximum atomic E-state index is 11.4. The Bertz CT molecular complexity index is 453. The minimum Gasteiger partial charge on any atom is -0.373 e. The lowest BCUT2D eigenvalue weighted by atomic mass is 9.96. The van der Waals surface area contributed by atoms with Crippen molar-refractivity contribution < 1.29 is 4.79 Å². The van der Waals surface area contributed by atoms with E-state index >= 15 is 0 Å². The first-order valence-corrected chi connectivity index (χ1v) is 6.94. The molecule has 20 heavy (non-hydrogen) atoms. The molecule has 0 aromatic carbocycles. The molecule has 112 valence electrons. The summed E-state index contributed by atoms with van der Waals surface area (Å²) in [6.45, 7) is 9.32. The molecule has 0 atom stereocenters. The van der Waals surface area contributed by atoms with E-state index in [4.69, 9.17) is 0 Å². The zero-order chi connectivity index (χ0) is 15.2. The van der Waals surface area contributed by atoms with Crippen molar-refractivity contribution in [3.8, 4) is 0 Å². The fourth-order valence-electron chi connectivity index (χ4n) is 1.59. The Morgan fingerprint density at radius 2 is 1.90 bits per heavy atom. The first-order chi connectivity index (χ1) is 9.36. The minimum absolute atomic E-state index is 0.0407. The molecule has 1 rings (SSSR count). The molecule has 1 heterocycles. The lowest BCUT2D eigenvalue weighted by molar-refractivity contribution is -0.120. The summed E-state index contributed by atoms with van der Waals surface area (Å²) in [5, 5.41) is 8.96. The van der Waals surface area contributed by atoms with Gasteiger partial charge in [-0.15, -0.1) is 0 Å². The Morgan fingerprint density at radius 3 is 2.45 bits per heavy atom. The van der Waals surface area contributed by atoms with E-state index in [9.17, 15) is 4.79 Å². The summed E-state index contributed by atoms with van der Waals surface area (Å²) in [5.41, 5.74) is -0.122. The Morgan fingerprint density at radius 1 is 1.25 bits per heavy atom. The van der Waals surface area contributed by atoms with E-state index in [-0.39, 0.29) is 11.3 Å². The van der Waals surface area contributed by atoms with Crippen LogP contribution in [0.15, 0.2) is 6.07 Å². The van der Waals surface area contributed by atoms with E-state index in [1.165, 1.54) is 0 Å². The molecule has 0 fully saturated rings. The topological polar surface area (TPSA) is 78.9 Å². The molecule has 1 aromatic rings. The van der Waals surface area contributed by atoms with Crippen LogP contribution >= 0.6 is 0 Å². The largest absolute Gasteiger partial charge is 0.373 e. The first kappa shape index (κ1) is 16.2. The van der Waals surface area contributed by atoms with Crippen molar-refractivity contribution in [3.63, 3.8) is 0 Å². The Labute approximate surface area is 120 Å². The summed E-state index contributed by atoms with van der Waals surface area (Å²) >= 11 is 0. The number of aromatic nitrogens is 2. The normalized spacial score (nSPS) is 11.1. The van der Waals surface area contributed by atoms with Crippen molar-refractivity contribution in [1.29, 1.82) is 0 Å². The molecule has 3 N–H and O–H groups in total. The van der Waals surface area contributed by atoms with Gasteiger partial charge in [0.1, 0.15) is 17.5 Å². The highest BCUT2D eigenvalue weighted by Gasteiger charge is 2.18. The number of amides is 1. The number of nitrogens with one attached hydrogen (secondary N) is 3. The van der Waals surface area contributed by atoms with E-state index in [1.54, 1.807) is 0 Å². The molecule has 1 aromatic heterocycles. The van der Waals surface area contributed by atoms with Crippen LogP contribution < -0.4 is 16.0 Å². The summed E-state index contributed by atoms with van der Waals surface area (Å²) in [5.74, 6) is 2.31. The number of rotatable bonds is 6. The summed E-state index contributed by atoms with van der Waals surface area (Å²) in [7, 11) is 1.83. The maximum absolute atomic E-state index is 11.4. The average molecular weight is 279 g/mol. The molecule has 6 nitrogen and oxygen atoms in total. The van der Waals surface area contributed by atoms with Crippen LogP contribution in [0, 0.1) is 0 Å². The van der Waals surface area contributed by atoms with Gasteiger partial charge in [0.15, 0.2) is 0 Å². The van der Waals surface area contributed by atoms with Crippen molar-refractivity contribution in [2.45, 2.75) is 39.5 Å². The molecule has 0 spiro atoms. The van der Waals surface area contributed by atoms with Gasteiger partial charge in [0.2, 0.25) is 5.91 Å². The standard InChI is InChI=1S/C14H25N5O/c1-6-16-12(20)7-8-17-11-9-10(15-5)18-13(19-11)14(2,3)4/h9H,6-8H2,1-5H3,(H,16,20)(H2,15,17,18,19). The zero-order valence-electron chi connectivity index (χ0n) is 13.0. The fourth-order valence-corrected chi connectivity index (χ4v) is 1.59. The number of carbonyl (C=O) groups is 1. The summed E-state index contributed by atoms with van der Waals surface area (Å²) in [6.07, 6.45) is 0.428. The Hall–Kier alpha value is -1.85. The third kappa shape index (κ3) is 5.03. The van der Waals surface area contributed by atoms with Gasteiger partial charge in [-0.05, 0) is 6.92 Å². The third-order valence-electron chi connectivity index (χ3n) is 2.69. The smallest absolute Gasteiger partial charge is 0.221 e. The van der Waals surface area contributed by atoms with Gasteiger partial charge in [-0.25, -0.2) is 9.97 Å². The molecular weight excluding hydrogens is 254 g/mol. The maximum Gasteiger partial charge on any atom is 0.221 e. The van der Waals surface area contributed by atoms with Gasteiger partial charge in [-0.3, -0.25) is 4.79 Å². The van der Waals surface area contributed by atoms with Gasteiger partial charge in [-0.2, -0.15) is 0 Å². The summed E-state index contributed by atoms with van der Waals surface area (Å²) in [4.78, 5) is 20.3. The van der Waals surface area contributed by atoms with Crippen LogP contribution in [-0.4, -0.2) is 36.0 Å². The van der Waals surface area contributed by atoms with Crippen LogP contribution in [0.5, 0.6) is 0 Å². The second-order valence-electron chi connectivity index (χ2n) is 5.59. The predicted molar refractivity (Wildman–Crippen MR) is 82.1 cm³/mol. The SMILES string of the molecule is CCNC(=O)CCNc1cc(NC)nc(C(C)(C)C)n1. The number of hydrogen-bond donors (Lipinski definition) is 3. The molecule has 0 radical (unpaired) electrons. The fraction of sp³-hybridized carbons (Fsp3) is 0.643. The van der Waals surface area contributed by atoms with Gasteiger partial charge < -0.3 is 16.0 Å². The van der Waals surface area contributed by atoms with Crippen molar-refractivity contribution in [1.82, 2.24) is 15.3 Å². The summed E-state index contributed by atoms with van der Waals surface area (Å²) < 4.78 is 0. The van der Waals surface area contributed by atoms with Gasteiger partial charge >= 0.3 is 0 Å².